The van der Waals surface area contributed by atoms with Gasteiger partial charge in [-0.15, -0.1) is 10.2 Å². The molecule has 3 rings (SSSR count). The first kappa shape index (κ1) is 14.6. The molecule has 0 amide bonds. The summed E-state index contributed by atoms with van der Waals surface area (Å²) in [6.45, 7) is 0. The number of hydrazone groups is 1. The smallest absolute Gasteiger partial charge is 0.201 e. The Bertz CT molecular complexity index is 783. The lowest BCUT2D eigenvalue weighted by Crippen LogP contribution is -2.01. The number of azo groups is 1. The topological polar surface area (TPSA) is 62.0 Å². The lowest BCUT2D eigenvalue weighted by Gasteiger charge is -2.03. The molecule has 2 aromatic carbocycles. The van der Waals surface area contributed by atoms with E-state index in [1.165, 1.54) is 0 Å². The van der Waals surface area contributed by atoms with E-state index in [9.17, 15) is 0 Å². The van der Waals surface area contributed by atoms with Gasteiger partial charge in [0.15, 0.2) is 5.82 Å². The van der Waals surface area contributed by atoms with E-state index in [4.69, 9.17) is 0 Å². The van der Waals surface area contributed by atoms with Crippen molar-refractivity contribution in [3.8, 4) is 0 Å². The Morgan fingerprint density at radius 2 is 1.48 bits per heavy atom. The van der Waals surface area contributed by atoms with Gasteiger partial charge in [0.1, 0.15) is 0 Å². The van der Waals surface area contributed by atoms with Crippen molar-refractivity contribution in [2.24, 2.45) is 15.3 Å². The zero-order valence-electron chi connectivity index (χ0n) is 12.4. The van der Waals surface area contributed by atoms with Crippen molar-refractivity contribution in [3.05, 3.63) is 90.6 Å². The molecule has 3 aromatic rings. The molecular weight excluding hydrogens is 286 g/mol. The summed E-state index contributed by atoms with van der Waals surface area (Å²) in [5.74, 6) is 1.02. The van der Waals surface area contributed by atoms with E-state index in [0.717, 1.165) is 11.3 Å². The molecule has 0 saturated carbocycles. The molecule has 0 saturated heterocycles. The average molecular weight is 301 g/mol. The molecule has 1 aromatic heterocycles. The van der Waals surface area contributed by atoms with E-state index in [2.05, 4.69) is 25.7 Å². The van der Waals surface area contributed by atoms with Gasteiger partial charge in [0, 0.05) is 11.8 Å². The van der Waals surface area contributed by atoms with Crippen LogP contribution in [0.3, 0.4) is 0 Å². The molecule has 5 nitrogen and oxygen atoms in total. The SMILES string of the molecule is c1ccc(NN=C(N=Nc2ccccn2)c2ccccc2)cc1. The largest absolute Gasteiger partial charge is 0.276 e. The van der Waals surface area contributed by atoms with Crippen LogP contribution in [0.1, 0.15) is 5.56 Å². The maximum absolute atomic E-state index is 4.36. The lowest BCUT2D eigenvalue weighted by molar-refractivity contribution is 1.16. The number of hydrogen-bond acceptors (Lipinski definition) is 4. The highest BCUT2D eigenvalue weighted by Gasteiger charge is 2.02. The van der Waals surface area contributed by atoms with Crippen LogP contribution in [-0.4, -0.2) is 10.8 Å². The first-order valence-corrected chi connectivity index (χ1v) is 7.19. The molecule has 5 heteroatoms. The van der Waals surface area contributed by atoms with Gasteiger partial charge < -0.3 is 0 Å². The van der Waals surface area contributed by atoms with Crippen LogP contribution in [0.5, 0.6) is 0 Å². The van der Waals surface area contributed by atoms with Gasteiger partial charge in [0.2, 0.25) is 5.84 Å². The van der Waals surface area contributed by atoms with Crippen molar-refractivity contribution >= 4 is 17.3 Å². The fourth-order valence-electron chi connectivity index (χ4n) is 1.87. The van der Waals surface area contributed by atoms with Crippen molar-refractivity contribution in [1.29, 1.82) is 0 Å². The molecule has 0 bridgehead atoms. The first-order chi connectivity index (χ1) is 11.4. The number of amidine groups is 1. The highest BCUT2D eigenvalue weighted by atomic mass is 15.3. The van der Waals surface area contributed by atoms with Gasteiger partial charge in [0.05, 0.1) is 5.69 Å². The third-order valence-electron chi connectivity index (χ3n) is 2.99. The first-order valence-electron chi connectivity index (χ1n) is 7.19. The summed E-state index contributed by atoms with van der Waals surface area (Å²) >= 11 is 0. The molecular formula is C18H15N5. The number of para-hydroxylation sites is 1. The molecule has 0 aliphatic rings. The highest BCUT2D eigenvalue weighted by Crippen LogP contribution is 2.11. The summed E-state index contributed by atoms with van der Waals surface area (Å²) in [6, 6.07) is 24.9. The zero-order chi connectivity index (χ0) is 15.7. The van der Waals surface area contributed by atoms with Gasteiger partial charge in [0.25, 0.3) is 0 Å². The Balaban J connectivity index is 1.86. The quantitative estimate of drug-likeness (QED) is 0.330. The molecule has 112 valence electrons. The summed E-state index contributed by atoms with van der Waals surface area (Å²) in [5, 5.41) is 12.7. The third kappa shape index (κ3) is 4.31. The van der Waals surface area contributed by atoms with Crippen LogP contribution in [0.25, 0.3) is 0 Å². The van der Waals surface area contributed by atoms with Crippen LogP contribution in [0.15, 0.2) is 100 Å². The molecule has 0 fully saturated rings. The maximum atomic E-state index is 4.36. The molecule has 0 radical (unpaired) electrons. The van der Waals surface area contributed by atoms with Gasteiger partial charge in [-0.2, -0.15) is 5.10 Å². The second kappa shape index (κ2) is 7.61. The molecule has 0 atom stereocenters. The van der Waals surface area contributed by atoms with E-state index < -0.39 is 0 Å². The summed E-state index contributed by atoms with van der Waals surface area (Å²) in [6.07, 6.45) is 1.68. The number of anilines is 1. The van der Waals surface area contributed by atoms with E-state index in [1.807, 2.05) is 72.8 Å². The van der Waals surface area contributed by atoms with Crippen LogP contribution in [0.2, 0.25) is 0 Å². The van der Waals surface area contributed by atoms with Crippen molar-refractivity contribution in [2.75, 3.05) is 5.43 Å². The van der Waals surface area contributed by atoms with Gasteiger partial charge in [-0.1, -0.05) is 54.6 Å². The minimum absolute atomic E-state index is 0.486. The summed E-state index contributed by atoms with van der Waals surface area (Å²) in [5.41, 5.74) is 4.75. The zero-order valence-corrected chi connectivity index (χ0v) is 12.4. The van der Waals surface area contributed by atoms with Crippen molar-refractivity contribution in [2.45, 2.75) is 0 Å². The molecule has 1 N–H and O–H groups in total. The van der Waals surface area contributed by atoms with Crippen molar-refractivity contribution in [1.82, 2.24) is 4.98 Å². The number of nitrogens with zero attached hydrogens (tertiary/aromatic N) is 4. The van der Waals surface area contributed by atoms with Gasteiger partial charge in [-0.05, 0) is 24.3 Å². The highest BCUT2D eigenvalue weighted by molar-refractivity contribution is 5.99. The number of benzene rings is 2. The second-order valence-corrected chi connectivity index (χ2v) is 4.67. The number of rotatable bonds is 4. The van der Waals surface area contributed by atoms with Crippen LogP contribution in [-0.2, 0) is 0 Å². The molecule has 23 heavy (non-hydrogen) atoms. The third-order valence-corrected chi connectivity index (χ3v) is 2.99. The normalized spacial score (nSPS) is 11.6. The van der Waals surface area contributed by atoms with E-state index in [-0.39, 0.29) is 0 Å². The number of hydrogen-bond donors (Lipinski definition) is 1. The maximum Gasteiger partial charge on any atom is 0.201 e. The Hall–Kier alpha value is -3.34. The fraction of sp³-hybridized carbons (Fsp3) is 0. The van der Waals surface area contributed by atoms with Gasteiger partial charge in [-0.3, -0.25) is 5.43 Å². The molecule has 1 heterocycles. The van der Waals surface area contributed by atoms with Crippen LogP contribution in [0.4, 0.5) is 11.5 Å². The summed E-state index contributed by atoms with van der Waals surface area (Å²) in [7, 11) is 0. The Morgan fingerprint density at radius 3 is 2.17 bits per heavy atom. The number of pyridine rings is 1. The van der Waals surface area contributed by atoms with E-state index >= 15 is 0 Å². The molecule has 0 spiro atoms. The van der Waals surface area contributed by atoms with Crippen LogP contribution in [0, 0.1) is 0 Å². The summed E-state index contributed by atoms with van der Waals surface area (Å²) in [4.78, 5) is 4.13. The van der Waals surface area contributed by atoms with Gasteiger partial charge >= 0.3 is 0 Å². The Kier molecular flexibility index (Phi) is 4.83. The predicted octanol–water partition coefficient (Wildman–Crippen LogP) is 4.64. The Morgan fingerprint density at radius 1 is 0.783 bits per heavy atom. The fourth-order valence-corrected chi connectivity index (χ4v) is 1.87. The molecule has 0 aliphatic carbocycles. The predicted molar refractivity (Wildman–Crippen MR) is 91.8 cm³/mol. The van der Waals surface area contributed by atoms with E-state index in [0.29, 0.717) is 11.7 Å². The minimum atomic E-state index is 0.486. The average Bonchev–Trinajstić information content (AvgIpc) is 2.64. The number of nitrogens with one attached hydrogen (secondary N) is 1. The lowest BCUT2D eigenvalue weighted by atomic mass is 10.2. The number of aromatic nitrogens is 1. The minimum Gasteiger partial charge on any atom is -0.276 e. The molecule has 0 unspecified atom stereocenters. The monoisotopic (exact) mass is 301 g/mol. The van der Waals surface area contributed by atoms with Crippen molar-refractivity contribution < 1.29 is 0 Å². The van der Waals surface area contributed by atoms with Crippen LogP contribution < -0.4 is 5.43 Å². The van der Waals surface area contributed by atoms with Crippen molar-refractivity contribution in [3.63, 3.8) is 0 Å². The Labute approximate surface area is 134 Å². The van der Waals surface area contributed by atoms with E-state index in [1.54, 1.807) is 12.3 Å². The molecule has 0 aliphatic heterocycles. The van der Waals surface area contributed by atoms with Gasteiger partial charge in [-0.25, -0.2) is 4.98 Å². The summed E-state index contributed by atoms with van der Waals surface area (Å²) < 4.78 is 0. The van der Waals surface area contributed by atoms with Crippen LogP contribution >= 0.6 is 0 Å². The second-order valence-electron chi connectivity index (χ2n) is 4.67. The standard InChI is InChI=1S/C18H15N5/c1-3-9-15(10-4-1)18(22-20-16-11-5-2-6-12-16)23-21-17-13-7-8-14-19-17/h1-14,20H.